The van der Waals surface area contributed by atoms with Crippen LogP contribution in [0.3, 0.4) is 0 Å². The average molecular weight is 309 g/mol. The Hall–Kier alpha value is -1.66. The van der Waals surface area contributed by atoms with E-state index in [9.17, 15) is 14.3 Å². The van der Waals surface area contributed by atoms with Crippen LogP contribution < -0.4 is 10.1 Å². The highest BCUT2D eigenvalue weighted by Crippen LogP contribution is 2.41. The Morgan fingerprint density at radius 2 is 2.23 bits per heavy atom. The highest BCUT2D eigenvalue weighted by molar-refractivity contribution is 5.73. The Labute approximate surface area is 128 Å². The van der Waals surface area contributed by atoms with Crippen molar-refractivity contribution in [2.24, 2.45) is 0 Å². The number of amides is 1. The molecule has 22 heavy (non-hydrogen) atoms. The number of aliphatic hydroxyl groups excluding tert-OH is 1. The topological polar surface area (TPSA) is 67.8 Å². The summed E-state index contributed by atoms with van der Waals surface area (Å²) >= 11 is 0. The number of nitrogens with one attached hydrogen (secondary N) is 1. The zero-order chi connectivity index (χ0) is 15.7. The van der Waals surface area contributed by atoms with Gasteiger partial charge in [0.25, 0.3) is 0 Å². The summed E-state index contributed by atoms with van der Waals surface area (Å²) in [5, 5.41) is 13.3. The average Bonchev–Trinajstić information content (AvgIpc) is 3.00. The third kappa shape index (κ3) is 2.94. The van der Waals surface area contributed by atoms with E-state index >= 15 is 0 Å². The van der Waals surface area contributed by atoms with Gasteiger partial charge in [0, 0.05) is 31.1 Å². The fourth-order valence-corrected chi connectivity index (χ4v) is 3.16. The molecule has 1 saturated heterocycles. The first-order valence-corrected chi connectivity index (χ1v) is 7.59. The van der Waals surface area contributed by atoms with E-state index in [2.05, 4.69) is 5.32 Å². The van der Waals surface area contributed by atoms with Crippen LogP contribution in [0.1, 0.15) is 49.5 Å². The zero-order valence-electron chi connectivity index (χ0n) is 12.5. The van der Waals surface area contributed by atoms with Crippen molar-refractivity contribution in [3.05, 3.63) is 29.1 Å². The van der Waals surface area contributed by atoms with Gasteiger partial charge in [-0.1, -0.05) is 0 Å². The maximum atomic E-state index is 14.0. The third-order valence-corrected chi connectivity index (χ3v) is 4.15. The lowest BCUT2D eigenvalue weighted by molar-refractivity contribution is -0.119. The minimum Gasteiger partial charge on any atom is -0.493 e. The highest BCUT2D eigenvalue weighted by Gasteiger charge is 2.32. The Bertz CT molecular complexity index is 572. The Balaban J connectivity index is 1.97. The summed E-state index contributed by atoms with van der Waals surface area (Å²) in [6, 6.07) is 2.36. The first-order valence-electron chi connectivity index (χ1n) is 7.59. The maximum absolute atomic E-state index is 14.0. The summed E-state index contributed by atoms with van der Waals surface area (Å²) in [6.07, 6.45) is 0.931. The van der Waals surface area contributed by atoms with Gasteiger partial charge in [-0.25, -0.2) is 4.39 Å². The van der Waals surface area contributed by atoms with E-state index in [1.54, 1.807) is 0 Å². The van der Waals surface area contributed by atoms with Crippen LogP contribution in [-0.4, -0.2) is 30.3 Å². The SMILES string of the molecule is CC(=O)NC1CCOc2c1cc(F)cc2C(O)C1CCCO1. The monoisotopic (exact) mass is 309 g/mol. The van der Waals surface area contributed by atoms with Gasteiger partial charge < -0.3 is 19.9 Å². The van der Waals surface area contributed by atoms with Crippen LogP contribution in [-0.2, 0) is 9.53 Å². The van der Waals surface area contributed by atoms with E-state index in [1.165, 1.54) is 19.1 Å². The summed E-state index contributed by atoms with van der Waals surface area (Å²) in [4.78, 5) is 11.3. The minimum absolute atomic E-state index is 0.177. The van der Waals surface area contributed by atoms with Crippen molar-refractivity contribution in [2.45, 2.75) is 44.4 Å². The predicted octanol–water partition coefficient (Wildman–Crippen LogP) is 2.00. The zero-order valence-corrected chi connectivity index (χ0v) is 12.5. The summed E-state index contributed by atoms with van der Waals surface area (Å²) in [7, 11) is 0. The van der Waals surface area contributed by atoms with Crippen LogP contribution in [0.5, 0.6) is 5.75 Å². The lowest BCUT2D eigenvalue weighted by atomic mass is 9.93. The van der Waals surface area contributed by atoms with Crippen LogP contribution in [0, 0.1) is 5.82 Å². The molecule has 0 saturated carbocycles. The lowest BCUT2D eigenvalue weighted by Crippen LogP contribution is -2.31. The quantitative estimate of drug-likeness (QED) is 0.896. The summed E-state index contributed by atoms with van der Waals surface area (Å²) in [6.45, 7) is 2.44. The van der Waals surface area contributed by atoms with Crippen LogP contribution in [0.4, 0.5) is 4.39 Å². The molecule has 0 radical (unpaired) electrons. The van der Waals surface area contributed by atoms with Crippen molar-refractivity contribution in [1.82, 2.24) is 5.32 Å². The van der Waals surface area contributed by atoms with Crippen LogP contribution in [0.25, 0.3) is 0 Å². The van der Waals surface area contributed by atoms with E-state index in [1.807, 2.05) is 0 Å². The Morgan fingerprint density at radius 1 is 1.41 bits per heavy atom. The second kappa shape index (κ2) is 6.22. The van der Waals surface area contributed by atoms with Crippen molar-refractivity contribution in [1.29, 1.82) is 0 Å². The Kier molecular flexibility index (Phi) is 4.31. The van der Waals surface area contributed by atoms with E-state index in [4.69, 9.17) is 9.47 Å². The van der Waals surface area contributed by atoms with Gasteiger partial charge in [0.1, 0.15) is 17.7 Å². The van der Waals surface area contributed by atoms with Gasteiger partial charge in [-0.15, -0.1) is 0 Å². The number of hydrogen-bond acceptors (Lipinski definition) is 4. The molecule has 3 rings (SSSR count). The number of carbonyl (C=O) groups excluding carboxylic acids is 1. The standard InChI is InChI=1S/C16H20FNO4/c1-9(19)18-13-4-6-22-16-11(13)7-10(17)8-12(16)15(20)14-3-2-5-21-14/h7-8,13-15,20H,2-6H2,1H3,(H,18,19). The van der Waals surface area contributed by atoms with Gasteiger partial charge >= 0.3 is 0 Å². The molecule has 6 heteroatoms. The number of rotatable bonds is 3. The van der Waals surface area contributed by atoms with Gasteiger partial charge in [-0.05, 0) is 25.0 Å². The molecule has 1 aromatic rings. The lowest BCUT2D eigenvalue weighted by Gasteiger charge is -2.30. The molecular weight excluding hydrogens is 289 g/mol. The van der Waals surface area contributed by atoms with Crippen LogP contribution >= 0.6 is 0 Å². The van der Waals surface area contributed by atoms with E-state index < -0.39 is 11.9 Å². The summed E-state index contributed by atoms with van der Waals surface area (Å²) < 4.78 is 25.2. The number of halogens is 1. The normalized spacial score (nSPS) is 25.2. The smallest absolute Gasteiger partial charge is 0.217 e. The Morgan fingerprint density at radius 3 is 2.91 bits per heavy atom. The molecule has 3 atom stereocenters. The molecule has 2 aliphatic rings. The van der Waals surface area contributed by atoms with Gasteiger partial charge in [0.2, 0.25) is 5.91 Å². The molecular formula is C16H20FNO4. The molecule has 1 aromatic carbocycles. The number of hydrogen-bond donors (Lipinski definition) is 2. The second-order valence-corrected chi connectivity index (χ2v) is 5.80. The van der Waals surface area contributed by atoms with Gasteiger partial charge in [0.15, 0.2) is 0 Å². The molecule has 2 aliphatic heterocycles. The van der Waals surface area contributed by atoms with Crippen molar-refractivity contribution in [3.8, 4) is 5.75 Å². The van der Waals surface area contributed by atoms with Gasteiger partial charge in [-0.3, -0.25) is 4.79 Å². The molecule has 120 valence electrons. The molecule has 3 unspecified atom stereocenters. The fraction of sp³-hybridized carbons (Fsp3) is 0.562. The van der Waals surface area contributed by atoms with E-state index in [-0.39, 0.29) is 18.1 Å². The number of carbonyl (C=O) groups is 1. The molecule has 0 aliphatic carbocycles. The van der Waals surface area contributed by atoms with Crippen LogP contribution in [0.15, 0.2) is 12.1 Å². The number of aliphatic hydroxyl groups is 1. The first-order chi connectivity index (χ1) is 10.6. The largest absolute Gasteiger partial charge is 0.493 e. The predicted molar refractivity (Wildman–Crippen MR) is 77.0 cm³/mol. The van der Waals surface area contributed by atoms with Crippen molar-refractivity contribution >= 4 is 5.91 Å². The van der Waals surface area contributed by atoms with Gasteiger partial charge in [-0.2, -0.15) is 0 Å². The highest BCUT2D eigenvalue weighted by atomic mass is 19.1. The second-order valence-electron chi connectivity index (χ2n) is 5.80. The number of benzene rings is 1. The number of fused-ring (bicyclic) bond motifs is 1. The van der Waals surface area contributed by atoms with Gasteiger partial charge in [0.05, 0.1) is 18.8 Å². The molecule has 2 N–H and O–H groups in total. The van der Waals surface area contributed by atoms with Crippen LogP contribution in [0.2, 0.25) is 0 Å². The molecule has 2 heterocycles. The van der Waals surface area contributed by atoms with E-state index in [0.29, 0.717) is 36.5 Å². The molecule has 0 spiro atoms. The van der Waals surface area contributed by atoms with Crippen molar-refractivity contribution in [3.63, 3.8) is 0 Å². The molecule has 0 bridgehead atoms. The fourth-order valence-electron chi connectivity index (χ4n) is 3.16. The van der Waals surface area contributed by atoms with Crippen molar-refractivity contribution < 1.29 is 23.8 Å². The van der Waals surface area contributed by atoms with Crippen molar-refractivity contribution in [2.75, 3.05) is 13.2 Å². The molecule has 5 nitrogen and oxygen atoms in total. The number of ether oxygens (including phenoxy) is 2. The minimum atomic E-state index is -0.928. The van der Waals surface area contributed by atoms with E-state index in [0.717, 1.165) is 12.8 Å². The molecule has 0 aromatic heterocycles. The first kappa shape index (κ1) is 15.2. The summed E-state index contributed by atoms with van der Waals surface area (Å²) in [5.74, 6) is -0.163. The summed E-state index contributed by atoms with van der Waals surface area (Å²) in [5.41, 5.74) is 0.977. The molecule has 1 amide bonds. The third-order valence-electron chi connectivity index (χ3n) is 4.15. The molecule has 1 fully saturated rings. The maximum Gasteiger partial charge on any atom is 0.217 e.